The molecule has 0 radical (unpaired) electrons. The van der Waals surface area contributed by atoms with Crippen molar-refractivity contribution < 1.29 is 9.90 Å². The first-order chi connectivity index (χ1) is 7.77. The van der Waals surface area contributed by atoms with Crippen molar-refractivity contribution in [1.82, 2.24) is 5.32 Å². The molecule has 16 heavy (non-hydrogen) atoms. The van der Waals surface area contributed by atoms with Crippen molar-refractivity contribution >= 4 is 17.7 Å². The van der Waals surface area contributed by atoms with Crippen LogP contribution in [-0.2, 0) is 4.79 Å². The molecule has 0 aromatic rings. The molecule has 5 heteroatoms. The highest BCUT2D eigenvalue weighted by atomic mass is 32.2. The Bertz CT molecular complexity index is 265. The van der Waals surface area contributed by atoms with Gasteiger partial charge in [-0.15, -0.1) is 11.8 Å². The molecule has 2 unspecified atom stereocenters. The normalized spacial score (nSPS) is 24.8. The second kappa shape index (κ2) is 7.53. The zero-order valence-corrected chi connectivity index (χ0v) is 10.1. The third kappa shape index (κ3) is 4.42. The molecule has 0 bridgehead atoms. The lowest BCUT2D eigenvalue weighted by atomic mass is 9.85. The smallest absolute Gasteiger partial charge is 0.230 e. The Labute approximate surface area is 100 Å². The number of thioether (sulfide) groups is 1. The van der Waals surface area contributed by atoms with Crippen molar-refractivity contribution in [3.8, 4) is 6.07 Å². The third-order valence-corrected chi connectivity index (χ3v) is 3.69. The zero-order chi connectivity index (χ0) is 11.8. The Morgan fingerprint density at radius 2 is 2.25 bits per heavy atom. The minimum atomic E-state index is -0.0226. The van der Waals surface area contributed by atoms with E-state index in [9.17, 15) is 9.90 Å². The Hall–Kier alpha value is -0.730. The van der Waals surface area contributed by atoms with Crippen molar-refractivity contribution in [3.63, 3.8) is 0 Å². The summed E-state index contributed by atoms with van der Waals surface area (Å²) in [5, 5.41) is 20.5. The molecule has 0 saturated heterocycles. The highest BCUT2D eigenvalue weighted by Crippen LogP contribution is 2.23. The van der Waals surface area contributed by atoms with Gasteiger partial charge in [0.25, 0.3) is 0 Å². The molecular weight excluding hydrogens is 224 g/mol. The lowest BCUT2D eigenvalue weighted by Gasteiger charge is -2.30. The van der Waals surface area contributed by atoms with E-state index >= 15 is 0 Å². The molecule has 1 saturated carbocycles. The van der Waals surface area contributed by atoms with E-state index in [-0.39, 0.29) is 24.5 Å². The monoisotopic (exact) mass is 242 g/mol. The minimum Gasteiger partial charge on any atom is -0.396 e. The quantitative estimate of drug-likeness (QED) is 0.703. The molecule has 1 rings (SSSR count). The van der Waals surface area contributed by atoms with Gasteiger partial charge in [-0.2, -0.15) is 5.26 Å². The Kier molecular flexibility index (Phi) is 6.27. The Morgan fingerprint density at radius 3 is 2.94 bits per heavy atom. The molecular formula is C11H18N2O2S. The number of carbonyl (C=O) groups is 1. The van der Waals surface area contributed by atoms with Gasteiger partial charge in [-0.3, -0.25) is 4.79 Å². The topological polar surface area (TPSA) is 73.1 Å². The fourth-order valence-electron chi connectivity index (χ4n) is 2.05. The molecule has 0 aromatic carbocycles. The number of rotatable bonds is 5. The van der Waals surface area contributed by atoms with Gasteiger partial charge < -0.3 is 10.4 Å². The first kappa shape index (κ1) is 13.3. The molecule has 2 atom stereocenters. The van der Waals surface area contributed by atoms with Crippen LogP contribution < -0.4 is 5.32 Å². The van der Waals surface area contributed by atoms with Gasteiger partial charge in [-0.1, -0.05) is 12.8 Å². The van der Waals surface area contributed by atoms with Gasteiger partial charge >= 0.3 is 0 Å². The number of nitrogens with one attached hydrogen (secondary N) is 1. The van der Waals surface area contributed by atoms with Crippen LogP contribution in [0.25, 0.3) is 0 Å². The van der Waals surface area contributed by atoms with E-state index < -0.39 is 0 Å². The van der Waals surface area contributed by atoms with Crippen LogP contribution in [0.4, 0.5) is 0 Å². The van der Waals surface area contributed by atoms with Crippen molar-refractivity contribution in [2.75, 3.05) is 18.1 Å². The Morgan fingerprint density at radius 1 is 1.50 bits per heavy atom. The highest BCUT2D eigenvalue weighted by molar-refractivity contribution is 8.00. The van der Waals surface area contributed by atoms with Crippen LogP contribution in [0.15, 0.2) is 0 Å². The van der Waals surface area contributed by atoms with Crippen LogP contribution in [0.3, 0.4) is 0 Å². The summed E-state index contributed by atoms with van der Waals surface area (Å²) in [5.74, 6) is 0.869. The van der Waals surface area contributed by atoms with Gasteiger partial charge in [0, 0.05) is 18.6 Å². The maximum Gasteiger partial charge on any atom is 0.230 e. The third-order valence-electron chi connectivity index (χ3n) is 2.89. The van der Waals surface area contributed by atoms with Gasteiger partial charge in [-0.25, -0.2) is 0 Å². The summed E-state index contributed by atoms with van der Waals surface area (Å²) in [6, 6.07) is 2.11. The van der Waals surface area contributed by atoms with Crippen LogP contribution in [0, 0.1) is 17.2 Å². The number of aliphatic hydroxyl groups excluding tert-OH is 1. The summed E-state index contributed by atoms with van der Waals surface area (Å²) in [6.45, 7) is 0.149. The number of carbonyl (C=O) groups excluding carboxylic acids is 1. The van der Waals surface area contributed by atoms with E-state index in [0.717, 1.165) is 25.7 Å². The van der Waals surface area contributed by atoms with Gasteiger partial charge in [0.1, 0.15) is 0 Å². The predicted octanol–water partition coefficient (Wildman–Crippen LogP) is 0.910. The fraction of sp³-hybridized carbons (Fsp3) is 0.818. The minimum absolute atomic E-state index is 0.0226. The van der Waals surface area contributed by atoms with E-state index in [1.165, 1.54) is 11.8 Å². The summed E-state index contributed by atoms with van der Waals surface area (Å²) in [6.07, 6.45) is 4.21. The average Bonchev–Trinajstić information content (AvgIpc) is 2.30. The zero-order valence-electron chi connectivity index (χ0n) is 9.32. The number of nitrogens with zero attached hydrogens (tertiary/aromatic N) is 1. The summed E-state index contributed by atoms with van der Waals surface area (Å²) in [5.41, 5.74) is 0. The lowest BCUT2D eigenvalue weighted by molar-refractivity contribution is -0.120. The molecule has 90 valence electrons. The SMILES string of the molecule is N#CCSCC(=O)NC1CCCCC1CO. The number of nitriles is 1. The fourth-order valence-corrected chi connectivity index (χ4v) is 2.52. The van der Waals surface area contributed by atoms with Crippen LogP contribution in [0.2, 0.25) is 0 Å². The summed E-state index contributed by atoms with van der Waals surface area (Å²) in [7, 11) is 0. The first-order valence-electron chi connectivity index (χ1n) is 5.63. The van der Waals surface area contributed by atoms with Gasteiger partial charge in [0.15, 0.2) is 0 Å². The van der Waals surface area contributed by atoms with Crippen LogP contribution >= 0.6 is 11.8 Å². The predicted molar refractivity (Wildman–Crippen MR) is 63.9 cm³/mol. The number of aliphatic hydroxyl groups is 1. The highest BCUT2D eigenvalue weighted by Gasteiger charge is 2.25. The van der Waals surface area contributed by atoms with E-state index in [2.05, 4.69) is 5.32 Å². The maximum atomic E-state index is 11.5. The van der Waals surface area contributed by atoms with Crippen molar-refractivity contribution in [1.29, 1.82) is 5.26 Å². The molecule has 4 nitrogen and oxygen atoms in total. The number of amides is 1. The van der Waals surface area contributed by atoms with E-state index in [4.69, 9.17) is 5.26 Å². The first-order valence-corrected chi connectivity index (χ1v) is 6.78. The van der Waals surface area contributed by atoms with Crippen molar-refractivity contribution in [2.45, 2.75) is 31.7 Å². The second-order valence-electron chi connectivity index (χ2n) is 4.05. The molecule has 0 aromatic heterocycles. The number of hydrogen-bond acceptors (Lipinski definition) is 4. The van der Waals surface area contributed by atoms with Crippen LogP contribution in [0.1, 0.15) is 25.7 Å². The van der Waals surface area contributed by atoms with Gasteiger partial charge in [-0.05, 0) is 12.8 Å². The largest absolute Gasteiger partial charge is 0.396 e. The lowest BCUT2D eigenvalue weighted by Crippen LogP contribution is -2.44. The van der Waals surface area contributed by atoms with Crippen molar-refractivity contribution in [3.05, 3.63) is 0 Å². The molecule has 0 heterocycles. The van der Waals surface area contributed by atoms with E-state index in [0.29, 0.717) is 11.5 Å². The standard InChI is InChI=1S/C11H18N2O2S/c12-5-6-16-8-11(15)13-10-4-2-1-3-9(10)7-14/h9-10,14H,1-4,6-8H2,(H,13,15). The average molecular weight is 242 g/mol. The number of hydrogen-bond donors (Lipinski definition) is 2. The molecule has 1 aliphatic rings. The summed E-state index contributed by atoms with van der Waals surface area (Å²) in [4.78, 5) is 11.5. The van der Waals surface area contributed by atoms with Crippen molar-refractivity contribution in [2.24, 2.45) is 5.92 Å². The van der Waals surface area contributed by atoms with Gasteiger partial charge in [0.05, 0.1) is 17.6 Å². The van der Waals surface area contributed by atoms with Gasteiger partial charge in [0.2, 0.25) is 5.91 Å². The summed E-state index contributed by atoms with van der Waals surface area (Å²) < 4.78 is 0. The van der Waals surface area contributed by atoms with Crippen LogP contribution in [0.5, 0.6) is 0 Å². The molecule has 0 spiro atoms. The van der Waals surface area contributed by atoms with E-state index in [1.54, 1.807) is 0 Å². The Balaban J connectivity index is 2.28. The maximum absolute atomic E-state index is 11.5. The molecule has 2 N–H and O–H groups in total. The molecule has 1 amide bonds. The molecule has 1 aliphatic carbocycles. The molecule has 0 aliphatic heterocycles. The van der Waals surface area contributed by atoms with E-state index in [1.807, 2.05) is 6.07 Å². The summed E-state index contributed by atoms with van der Waals surface area (Å²) >= 11 is 1.32. The second-order valence-corrected chi connectivity index (χ2v) is 5.04. The molecule has 1 fully saturated rings. The van der Waals surface area contributed by atoms with Crippen LogP contribution in [-0.4, -0.2) is 35.2 Å².